The second-order valence-corrected chi connectivity index (χ2v) is 7.45. The van der Waals surface area contributed by atoms with Gasteiger partial charge in [-0.3, -0.25) is 14.3 Å². The van der Waals surface area contributed by atoms with Crippen LogP contribution in [0.5, 0.6) is 0 Å². The van der Waals surface area contributed by atoms with Gasteiger partial charge >= 0.3 is 0 Å². The maximum Gasteiger partial charge on any atom is 0.253 e. The number of benzene rings is 2. The molecular weight excluding hydrogens is 399 g/mol. The number of aliphatic hydroxyl groups is 1. The number of hydrogen-bond donors (Lipinski definition) is 3. The molecule has 160 valence electrons. The third kappa shape index (κ3) is 4.20. The molecule has 2 heterocycles. The lowest BCUT2D eigenvalue weighted by atomic mass is 9.86. The van der Waals surface area contributed by atoms with Gasteiger partial charge in [0.15, 0.2) is 0 Å². The number of halogens is 1. The first-order chi connectivity index (χ1) is 15.0. The van der Waals surface area contributed by atoms with Gasteiger partial charge in [0.25, 0.3) is 5.91 Å². The van der Waals surface area contributed by atoms with Gasteiger partial charge in [0, 0.05) is 35.2 Å². The number of fused-ring (bicyclic) bond motifs is 1. The summed E-state index contributed by atoms with van der Waals surface area (Å²) in [7, 11) is 0. The Bertz CT molecular complexity index is 1180. The van der Waals surface area contributed by atoms with Gasteiger partial charge in [-0.25, -0.2) is 4.39 Å². The molecular formula is C23H23FN4O3. The lowest BCUT2D eigenvalue weighted by Crippen LogP contribution is -2.32. The number of carbonyl (C=O) groups excluding carboxylic acids is 2. The van der Waals surface area contributed by atoms with Crippen LogP contribution in [0.1, 0.15) is 30.4 Å². The lowest BCUT2D eigenvalue weighted by molar-refractivity contribution is -0.121. The van der Waals surface area contributed by atoms with E-state index in [1.807, 2.05) is 19.1 Å². The summed E-state index contributed by atoms with van der Waals surface area (Å²) in [6, 6.07) is 9.76. The van der Waals surface area contributed by atoms with Gasteiger partial charge in [-0.05, 0) is 41.8 Å². The van der Waals surface area contributed by atoms with Crippen molar-refractivity contribution in [2.24, 2.45) is 0 Å². The molecule has 0 spiro atoms. The molecule has 1 aliphatic rings. The SMILES string of the molecule is CCc1cc2cnn(CCO)c2cc1NC(=O)C1=CNC(=O)CC1c1cccc(F)c1. The van der Waals surface area contributed by atoms with Gasteiger partial charge in [0.2, 0.25) is 5.91 Å². The maximum atomic E-state index is 13.8. The number of aryl methyl sites for hydroxylation is 1. The average Bonchev–Trinajstić information content (AvgIpc) is 3.15. The topological polar surface area (TPSA) is 96.2 Å². The van der Waals surface area contributed by atoms with Crippen molar-refractivity contribution in [1.82, 2.24) is 15.1 Å². The van der Waals surface area contributed by atoms with E-state index in [-0.39, 0.29) is 24.8 Å². The van der Waals surface area contributed by atoms with Gasteiger partial charge in [-0.2, -0.15) is 5.10 Å². The standard InChI is InChI=1S/C23H23FN4O3/c1-2-14-8-16-12-26-28(6-7-29)21(16)11-20(14)27-23(31)19-13-25-22(30)10-18(19)15-4-3-5-17(24)9-15/h3-5,8-9,11-13,18,29H,2,6-7,10H2,1H3,(H,25,30)(H,27,31). The fourth-order valence-electron chi connectivity index (χ4n) is 3.91. The van der Waals surface area contributed by atoms with Crippen LogP contribution in [-0.4, -0.2) is 33.3 Å². The molecule has 7 nitrogen and oxygen atoms in total. The first-order valence-corrected chi connectivity index (χ1v) is 10.2. The smallest absolute Gasteiger partial charge is 0.253 e. The number of nitrogens with one attached hydrogen (secondary N) is 2. The molecule has 0 bridgehead atoms. The van der Waals surface area contributed by atoms with Gasteiger partial charge < -0.3 is 15.7 Å². The quantitative estimate of drug-likeness (QED) is 0.569. The molecule has 4 rings (SSSR count). The summed E-state index contributed by atoms with van der Waals surface area (Å²) in [6.07, 6.45) is 3.89. The van der Waals surface area contributed by atoms with Crippen molar-refractivity contribution >= 4 is 28.4 Å². The summed E-state index contributed by atoms with van der Waals surface area (Å²) in [5.41, 5.74) is 3.30. The van der Waals surface area contributed by atoms with Crippen molar-refractivity contribution in [2.75, 3.05) is 11.9 Å². The number of hydrogen-bond acceptors (Lipinski definition) is 4. The van der Waals surface area contributed by atoms with Crippen molar-refractivity contribution in [1.29, 1.82) is 0 Å². The molecule has 1 atom stereocenters. The highest BCUT2D eigenvalue weighted by Crippen LogP contribution is 2.32. The predicted octanol–water partition coefficient (Wildman–Crippen LogP) is 2.86. The van der Waals surface area contributed by atoms with E-state index in [1.165, 1.54) is 18.3 Å². The normalized spacial score (nSPS) is 16.2. The molecule has 0 fully saturated rings. The highest BCUT2D eigenvalue weighted by molar-refractivity contribution is 6.07. The minimum absolute atomic E-state index is 0.0457. The van der Waals surface area contributed by atoms with Crippen LogP contribution in [0.25, 0.3) is 10.9 Å². The lowest BCUT2D eigenvalue weighted by Gasteiger charge is -2.24. The average molecular weight is 422 g/mol. The van der Waals surface area contributed by atoms with E-state index >= 15 is 0 Å². The van der Waals surface area contributed by atoms with Crippen LogP contribution in [0.3, 0.4) is 0 Å². The Labute approximate surface area is 178 Å². The van der Waals surface area contributed by atoms with Crippen molar-refractivity contribution in [3.8, 4) is 0 Å². The molecule has 31 heavy (non-hydrogen) atoms. The Balaban J connectivity index is 1.68. The Morgan fingerprint density at radius 1 is 1.35 bits per heavy atom. The molecule has 8 heteroatoms. The molecule has 0 saturated carbocycles. The van der Waals surface area contributed by atoms with Crippen molar-refractivity contribution in [3.63, 3.8) is 0 Å². The molecule has 2 aromatic carbocycles. The number of rotatable bonds is 6. The maximum absolute atomic E-state index is 13.8. The van der Waals surface area contributed by atoms with Crippen molar-refractivity contribution < 1.29 is 19.1 Å². The highest BCUT2D eigenvalue weighted by Gasteiger charge is 2.29. The Morgan fingerprint density at radius 2 is 2.19 bits per heavy atom. The van der Waals surface area contributed by atoms with E-state index in [1.54, 1.807) is 23.0 Å². The van der Waals surface area contributed by atoms with E-state index in [0.29, 0.717) is 29.8 Å². The largest absolute Gasteiger partial charge is 0.394 e. The van der Waals surface area contributed by atoms with Crippen LogP contribution in [0, 0.1) is 5.82 Å². The second-order valence-electron chi connectivity index (χ2n) is 7.45. The predicted molar refractivity (Wildman–Crippen MR) is 115 cm³/mol. The molecule has 1 aliphatic heterocycles. The second kappa shape index (κ2) is 8.69. The molecule has 0 saturated heterocycles. The Kier molecular flexibility index (Phi) is 5.81. The van der Waals surface area contributed by atoms with Crippen molar-refractivity contribution in [2.45, 2.75) is 32.2 Å². The highest BCUT2D eigenvalue weighted by atomic mass is 19.1. The number of aromatic nitrogens is 2. The number of nitrogens with zero attached hydrogens (tertiary/aromatic N) is 2. The summed E-state index contributed by atoms with van der Waals surface area (Å²) >= 11 is 0. The molecule has 2 amide bonds. The van der Waals surface area contributed by atoms with Crippen LogP contribution in [-0.2, 0) is 22.6 Å². The van der Waals surface area contributed by atoms with E-state index in [4.69, 9.17) is 0 Å². The minimum atomic E-state index is -0.543. The molecule has 0 aliphatic carbocycles. The Morgan fingerprint density at radius 3 is 2.94 bits per heavy atom. The summed E-state index contributed by atoms with van der Waals surface area (Å²) in [5.74, 6) is -1.55. The van der Waals surface area contributed by atoms with Gasteiger partial charge in [-0.15, -0.1) is 0 Å². The zero-order chi connectivity index (χ0) is 22.0. The summed E-state index contributed by atoms with van der Waals surface area (Å²) < 4.78 is 15.4. The van der Waals surface area contributed by atoms with Gasteiger partial charge in [0.05, 0.1) is 24.9 Å². The van der Waals surface area contributed by atoms with E-state index in [0.717, 1.165) is 16.5 Å². The van der Waals surface area contributed by atoms with Gasteiger partial charge in [0.1, 0.15) is 5.82 Å². The number of amides is 2. The number of aliphatic hydroxyl groups excluding tert-OH is 1. The zero-order valence-electron chi connectivity index (χ0n) is 17.1. The molecule has 1 aromatic heterocycles. The number of carbonyl (C=O) groups is 2. The monoisotopic (exact) mass is 422 g/mol. The molecule has 3 aromatic rings. The molecule has 0 radical (unpaired) electrons. The van der Waals surface area contributed by atoms with E-state index < -0.39 is 11.7 Å². The van der Waals surface area contributed by atoms with Gasteiger partial charge in [-0.1, -0.05) is 19.1 Å². The zero-order valence-corrected chi connectivity index (χ0v) is 17.1. The Hall–Kier alpha value is -3.52. The van der Waals surface area contributed by atoms with Crippen LogP contribution in [0.4, 0.5) is 10.1 Å². The fraction of sp³-hybridized carbons (Fsp3) is 0.261. The number of anilines is 1. The van der Waals surface area contributed by atoms with Crippen LogP contribution >= 0.6 is 0 Å². The third-order valence-corrected chi connectivity index (χ3v) is 5.47. The summed E-state index contributed by atoms with van der Waals surface area (Å²) in [6.45, 7) is 2.29. The van der Waals surface area contributed by atoms with Crippen molar-refractivity contribution in [3.05, 3.63) is 71.3 Å². The summed E-state index contributed by atoms with van der Waals surface area (Å²) in [4.78, 5) is 25.2. The first kappa shape index (κ1) is 20.7. The first-order valence-electron chi connectivity index (χ1n) is 10.2. The fourth-order valence-corrected chi connectivity index (χ4v) is 3.91. The van der Waals surface area contributed by atoms with Crippen LogP contribution in [0.15, 0.2) is 54.4 Å². The summed E-state index contributed by atoms with van der Waals surface area (Å²) in [5, 5.41) is 20.0. The van der Waals surface area contributed by atoms with E-state index in [2.05, 4.69) is 15.7 Å². The third-order valence-electron chi connectivity index (χ3n) is 5.47. The molecule has 1 unspecified atom stereocenters. The minimum Gasteiger partial charge on any atom is -0.394 e. The van der Waals surface area contributed by atoms with Crippen LogP contribution in [0.2, 0.25) is 0 Å². The van der Waals surface area contributed by atoms with Crippen LogP contribution < -0.4 is 10.6 Å². The van der Waals surface area contributed by atoms with E-state index in [9.17, 15) is 19.1 Å². The molecule has 3 N–H and O–H groups in total.